The van der Waals surface area contributed by atoms with Gasteiger partial charge in [0, 0.05) is 12.0 Å². The highest BCUT2D eigenvalue weighted by atomic mass is 19.4. The number of amides is 1. The third kappa shape index (κ3) is 4.04. The van der Waals surface area contributed by atoms with Crippen molar-refractivity contribution in [1.82, 2.24) is 4.90 Å². The van der Waals surface area contributed by atoms with Gasteiger partial charge in [0.05, 0.1) is 12.6 Å². The Morgan fingerprint density at radius 3 is 2.69 bits per heavy atom. The number of halogens is 4. The maximum atomic E-state index is 13.4. The summed E-state index contributed by atoms with van der Waals surface area (Å²) in [6.45, 7) is -1.15. The van der Waals surface area contributed by atoms with Crippen molar-refractivity contribution in [1.29, 1.82) is 0 Å². The number of carbonyl (C=O) groups is 1. The second-order valence-electron chi connectivity index (χ2n) is 6.05. The van der Waals surface area contributed by atoms with Gasteiger partial charge < -0.3 is 14.1 Å². The second-order valence-corrected chi connectivity index (χ2v) is 6.05. The highest BCUT2D eigenvalue weighted by Crippen LogP contribution is 2.24. The minimum Gasteiger partial charge on any atom is -0.422 e. The van der Waals surface area contributed by atoms with E-state index in [2.05, 4.69) is 0 Å². The zero-order chi connectivity index (χ0) is 18.9. The number of hydrogen-bond donors (Lipinski definition) is 0. The lowest BCUT2D eigenvalue weighted by Gasteiger charge is -2.34. The van der Waals surface area contributed by atoms with Crippen LogP contribution in [0.5, 0.6) is 0 Å². The summed E-state index contributed by atoms with van der Waals surface area (Å²) in [7, 11) is 0. The first-order chi connectivity index (χ1) is 12.2. The van der Waals surface area contributed by atoms with Gasteiger partial charge in [0.1, 0.15) is 23.5 Å². The van der Waals surface area contributed by atoms with Crippen LogP contribution in [-0.4, -0.2) is 42.8 Å². The Labute approximate surface area is 145 Å². The summed E-state index contributed by atoms with van der Waals surface area (Å²) in [4.78, 5) is 25.4. The summed E-state index contributed by atoms with van der Waals surface area (Å²) in [6.07, 6.45) is -3.81. The van der Waals surface area contributed by atoms with Crippen molar-refractivity contribution < 1.29 is 31.5 Å². The van der Waals surface area contributed by atoms with E-state index in [1.54, 1.807) is 0 Å². The molecule has 1 unspecified atom stereocenters. The van der Waals surface area contributed by atoms with Gasteiger partial charge in [-0.3, -0.25) is 4.79 Å². The van der Waals surface area contributed by atoms with Crippen LogP contribution >= 0.6 is 0 Å². The molecule has 1 aliphatic heterocycles. The molecule has 2 aromatic rings. The molecule has 1 aromatic heterocycles. The maximum Gasteiger partial charge on any atom is 0.406 e. The van der Waals surface area contributed by atoms with Crippen LogP contribution in [0.4, 0.5) is 17.6 Å². The van der Waals surface area contributed by atoms with Crippen LogP contribution in [0.25, 0.3) is 11.0 Å². The average molecular weight is 373 g/mol. The molecule has 0 aliphatic carbocycles. The predicted octanol–water partition coefficient (Wildman–Crippen LogP) is 3.12. The average Bonchev–Trinajstić information content (AvgIpc) is 2.59. The fourth-order valence-corrected chi connectivity index (χ4v) is 2.93. The maximum absolute atomic E-state index is 13.4. The van der Waals surface area contributed by atoms with Gasteiger partial charge in [0.2, 0.25) is 0 Å². The number of rotatable bonds is 3. The van der Waals surface area contributed by atoms with Gasteiger partial charge in [-0.1, -0.05) is 0 Å². The fourth-order valence-electron chi connectivity index (χ4n) is 2.93. The largest absolute Gasteiger partial charge is 0.422 e. The van der Waals surface area contributed by atoms with E-state index in [1.165, 1.54) is 6.07 Å². The Bertz CT molecular complexity index is 871. The quantitative estimate of drug-likeness (QED) is 0.613. The molecule has 1 amide bonds. The number of fused-ring (bicyclic) bond motifs is 1. The van der Waals surface area contributed by atoms with E-state index < -0.39 is 41.7 Å². The van der Waals surface area contributed by atoms with Crippen molar-refractivity contribution in [2.75, 3.05) is 19.8 Å². The summed E-state index contributed by atoms with van der Waals surface area (Å²) in [6, 6.07) is 3.57. The van der Waals surface area contributed by atoms with Gasteiger partial charge in [0.15, 0.2) is 0 Å². The number of alkyl halides is 3. The number of ether oxygens (including phenoxy) is 1. The molecule has 9 heteroatoms. The summed E-state index contributed by atoms with van der Waals surface area (Å²) in [5.74, 6) is -1.74. The smallest absolute Gasteiger partial charge is 0.406 e. The molecule has 0 N–H and O–H groups in total. The van der Waals surface area contributed by atoms with Gasteiger partial charge in [-0.2, -0.15) is 13.2 Å². The Balaban J connectivity index is 2.01. The molecule has 1 atom stereocenters. The SMILES string of the molecule is O=C(c1cc2cc(F)ccc2oc1=O)N(CC(F)(F)F)C1CCCOC1. The standard InChI is InChI=1S/C17H15F4NO4/c18-11-3-4-14-10(6-11)7-13(16(24)26-14)15(23)22(9-17(19,20)21)12-2-1-5-25-8-12/h3-4,6-7,12H,1-2,5,8-9H2. The van der Waals surface area contributed by atoms with Crippen molar-refractivity contribution >= 4 is 16.9 Å². The lowest BCUT2D eigenvalue weighted by atomic mass is 10.1. The van der Waals surface area contributed by atoms with Crippen molar-refractivity contribution in [3.8, 4) is 0 Å². The van der Waals surface area contributed by atoms with Crippen LogP contribution in [0.2, 0.25) is 0 Å². The van der Waals surface area contributed by atoms with Gasteiger partial charge in [-0.15, -0.1) is 0 Å². The Kier molecular flexibility index (Phi) is 4.99. The third-order valence-corrected chi connectivity index (χ3v) is 4.11. The van der Waals surface area contributed by atoms with Crippen LogP contribution in [-0.2, 0) is 4.74 Å². The van der Waals surface area contributed by atoms with E-state index in [4.69, 9.17) is 9.15 Å². The van der Waals surface area contributed by atoms with Gasteiger partial charge in [-0.25, -0.2) is 9.18 Å². The van der Waals surface area contributed by atoms with E-state index in [0.29, 0.717) is 24.3 Å². The van der Waals surface area contributed by atoms with Crippen LogP contribution in [0, 0.1) is 5.82 Å². The first kappa shape index (κ1) is 18.4. The monoisotopic (exact) mass is 373 g/mol. The molecule has 1 fully saturated rings. The molecule has 1 saturated heterocycles. The molecule has 3 rings (SSSR count). The minimum absolute atomic E-state index is 0.0383. The summed E-state index contributed by atoms with van der Waals surface area (Å²) in [5.41, 5.74) is -1.60. The Hall–Kier alpha value is -2.42. The van der Waals surface area contributed by atoms with Gasteiger partial charge in [0.25, 0.3) is 5.91 Å². The third-order valence-electron chi connectivity index (χ3n) is 4.11. The summed E-state index contributed by atoms with van der Waals surface area (Å²) >= 11 is 0. The summed E-state index contributed by atoms with van der Waals surface area (Å²) in [5, 5.41) is 0.111. The highest BCUT2D eigenvalue weighted by Gasteiger charge is 2.38. The molecular formula is C17H15F4NO4. The topological polar surface area (TPSA) is 59.8 Å². The van der Waals surface area contributed by atoms with Crippen LogP contribution < -0.4 is 5.63 Å². The Morgan fingerprint density at radius 1 is 1.27 bits per heavy atom. The lowest BCUT2D eigenvalue weighted by molar-refractivity contribution is -0.148. The first-order valence-electron chi connectivity index (χ1n) is 7.93. The van der Waals surface area contributed by atoms with Crippen molar-refractivity contribution in [2.45, 2.75) is 25.1 Å². The van der Waals surface area contributed by atoms with Crippen molar-refractivity contribution in [3.63, 3.8) is 0 Å². The zero-order valence-corrected chi connectivity index (χ0v) is 13.5. The van der Waals surface area contributed by atoms with Crippen molar-refractivity contribution in [3.05, 3.63) is 46.1 Å². The minimum atomic E-state index is -4.64. The van der Waals surface area contributed by atoms with Crippen LogP contribution in [0.3, 0.4) is 0 Å². The molecule has 2 heterocycles. The van der Waals surface area contributed by atoms with Gasteiger partial charge >= 0.3 is 11.8 Å². The van der Waals surface area contributed by atoms with E-state index in [9.17, 15) is 27.2 Å². The van der Waals surface area contributed by atoms with Crippen molar-refractivity contribution in [2.24, 2.45) is 0 Å². The number of nitrogens with zero attached hydrogens (tertiary/aromatic N) is 1. The molecule has 140 valence electrons. The second kappa shape index (κ2) is 7.06. The molecule has 0 saturated carbocycles. The predicted molar refractivity (Wildman–Crippen MR) is 83.4 cm³/mol. The molecule has 1 aromatic carbocycles. The number of carbonyl (C=O) groups excluding carboxylic acids is 1. The number of hydrogen-bond acceptors (Lipinski definition) is 4. The normalized spacial score (nSPS) is 18.1. The molecular weight excluding hydrogens is 358 g/mol. The molecule has 5 nitrogen and oxygen atoms in total. The highest BCUT2D eigenvalue weighted by molar-refractivity contribution is 5.96. The molecule has 26 heavy (non-hydrogen) atoms. The van der Waals surface area contributed by atoms with E-state index in [-0.39, 0.29) is 17.6 Å². The zero-order valence-electron chi connectivity index (χ0n) is 13.5. The first-order valence-corrected chi connectivity index (χ1v) is 7.93. The molecule has 0 radical (unpaired) electrons. The number of benzene rings is 1. The van der Waals surface area contributed by atoms with E-state index >= 15 is 0 Å². The summed E-state index contributed by atoms with van der Waals surface area (Å²) < 4.78 is 62.4. The van der Waals surface area contributed by atoms with E-state index in [1.807, 2.05) is 0 Å². The fraction of sp³-hybridized carbons (Fsp3) is 0.412. The van der Waals surface area contributed by atoms with Gasteiger partial charge in [-0.05, 0) is 37.1 Å². The Morgan fingerprint density at radius 2 is 2.04 bits per heavy atom. The van der Waals surface area contributed by atoms with Crippen LogP contribution in [0.15, 0.2) is 33.5 Å². The molecule has 0 spiro atoms. The van der Waals surface area contributed by atoms with E-state index in [0.717, 1.165) is 18.2 Å². The molecule has 0 bridgehead atoms. The lowest BCUT2D eigenvalue weighted by Crippen LogP contribution is -2.49. The molecule has 1 aliphatic rings. The van der Waals surface area contributed by atoms with Crippen LogP contribution in [0.1, 0.15) is 23.2 Å².